The molecule has 2 unspecified atom stereocenters. The van der Waals surface area contributed by atoms with Gasteiger partial charge in [0, 0.05) is 12.6 Å². The Balaban J connectivity index is 1.89. The molecule has 0 fully saturated rings. The first-order valence-corrected chi connectivity index (χ1v) is 8.05. The molecule has 2 atom stereocenters. The van der Waals surface area contributed by atoms with Crippen molar-refractivity contribution in [3.05, 3.63) is 57.8 Å². The van der Waals surface area contributed by atoms with E-state index in [0.29, 0.717) is 12.5 Å². The Kier molecular flexibility index (Phi) is 5.35. The van der Waals surface area contributed by atoms with Crippen LogP contribution in [0.1, 0.15) is 55.5 Å². The van der Waals surface area contributed by atoms with E-state index in [1.165, 1.54) is 11.1 Å². The molecule has 0 radical (unpaired) electrons. The minimum atomic E-state index is -0.461. The predicted molar refractivity (Wildman–Crippen MR) is 86.2 cm³/mol. The molecule has 0 saturated carbocycles. The molecule has 0 aliphatic carbocycles. The van der Waals surface area contributed by atoms with Crippen LogP contribution in [0.4, 0.5) is 0 Å². The third kappa shape index (κ3) is 3.92. The number of nitrogens with one attached hydrogen (secondary N) is 1. The maximum atomic E-state index is 10.2. The van der Waals surface area contributed by atoms with E-state index in [0.717, 1.165) is 5.56 Å². The van der Waals surface area contributed by atoms with Crippen molar-refractivity contribution in [2.75, 3.05) is 6.54 Å². The summed E-state index contributed by atoms with van der Waals surface area (Å²) >= 11 is 1.70. The molecule has 2 rings (SSSR count). The number of benzene rings is 1. The molecule has 20 heavy (non-hydrogen) atoms. The number of aliphatic hydroxyl groups is 1. The Bertz CT molecular complexity index is 504. The fraction of sp³-hybridized carbons (Fsp3) is 0.412. The third-order valence-corrected chi connectivity index (χ3v) is 4.35. The quantitative estimate of drug-likeness (QED) is 0.833. The van der Waals surface area contributed by atoms with Crippen LogP contribution < -0.4 is 5.32 Å². The summed E-state index contributed by atoms with van der Waals surface area (Å²) in [5, 5.41) is 17.8. The van der Waals surface area contributed by atoms with Crippen molar-refractivity contribution in [2.45, 2.75) is 38.8 Å². The van der Waals surface area contributed by atoms with Gasteiger partial charge in [0.05, 0.1) is 6.10 Å². The predicted octanol–water partition coefficient (Wildman–Crippen LogP) is 4.26. The molecule has 1 heterocycles. The highest BCUT2D eigenvalue weighted by molar-refractivity contribution is 7.07. The van der Waals surface area contributed by atoms with Crippen LogP contribution in [0.3, 0.4) is 0 Å². The first-order chi connectivity index (χ1) is 9.58. The third-order valence-electron chi connectivity index (χ3n) is 3.65. The van der Waals surface area contributed by atoms with Crippen LogP contribution >= 0.6 is 11.3 Å². The standard InChI is InChI=1S/C17H23NOS/c1-12(2)14-4-6-15(7-5-14)17(19)10-18-13(3)16-8-9-20-11-16/h4-9,11-13,17-19H,10H2,1-3H3. The molecule has 0 aliphatic heterocycles. The molecule has 0 amide bonds. The minimum absolute atomic E-state index is 0.269. The van der Waals surface area contributed by atoms with Gasteiger partial charge in [-0.15, -0.1) is 0 Å². The van der Waals surface area contributed by atoms with Crippen molar-refractivity contribution >= 4 is 11.3 Å². The number of hydrogen-bond donors (Lipinski definition) is 2. The van der Waals surface area contributed by atoms with Crippen LogP contribution in [0.15, 0.2) is 41.1 Å². The number of rotatable bonds is 6. The molecular formula is C17H23NOS. The van der Waals surface area contributed by atoms with Crippen LogP contribution in [-0.4, -0.2) is 11.7 Å². The van der Waals surface area contributed by atoms with Crippen LogP contribution in [0.5, 0.6) is 0 Å². The van der Waals surface area contributed by atoms with E-state index in [2.05, 4.69) is 55.0 Å². The average molecular weight is 289 g/mol. The molecule has 2 N–H and O–H groups in total. The van der Waals surface area contributed by atoms with Gasteiger partial charge in [0.25, 0.3) is 0 Å². The highest BCUT2D eigenvalue weighted by Gasteiger charge is 2.11. The summed E-state index contributed by atoms with van der Waals surface area (Å²) in [6.45, 7) is 7.04. The lowest BCUT2D eigenvalue weighted by atomic mass is 10.00. The topological polar surface area (TPSA) is 32.3 Å². The summed E-state index contributed by atoms with van der Waals surface area (Å²) in [4.78, 5) is 0. The van der Waals surface area contributed by atoms with Crippen molar-refractivity contribution in [3.8, 4) is 0 Å². The fourth-order valence-corrected chi connectivity index (χ4v) is 2.90. The number of hydrogen-bond acceptors (Lipinski definition) is 3. The molecule has 1 aromatic carbocycles. The second-order valence-corrected chi connectivity index (χ2v) is 6.30. The van der Waals surface area contributed by atoms with Gasteiger partial charge in [-0.25, -0.2) is 0 Å². The molecule has 2 aromatic rings. The molecule has 1 aromatic heterocycles. The van der Waals surface area contributed by atoms with Crippen LogP contribution in [-0.2, 0) is 0 Å². The molecule has 0 spiro atoms. The lowest BCUT2D eigenvalue weighted by molar-refractivity contribution is 0.171. The van der Waals surface area contributed by atoms with E-state index in [1.807, 2.05) is 12.1 Å². The summed E-state index contributed by atoms with van der Waals surface area (Å²) in [5.41, 5.74) is 3.55. The van der Waals surface area contributed by atoms with Crippen LogP contribution in [0.25, 0.3) is 0 Å². The molecule has 3 heteroatoms. The van der Waals surface area contributed by atoms with Gasteiger partial charge >= 0.3 is 0 Å². The normalized spacial score (nSPS) is 14.4. The Morgan fingerprint density at radius 2 is 1.65 bits per heavy atom. The maximum Gasteiger partial charge on any atom is 0.0914 e. The SMILES string of the molecule is CC(C)c1ccc(C(O)CNC(C)c2ccsc2)cc1. The first kappa shape index (κ1) is 15.2. The summed E-state index contributed by atoms with van der Waals surface area (Å²) in [6.07, 6.45) is -0.461. The van der Waals surface area contributed by atoms with Gasteiger partial charge in [-0.3, -0.25) is 0 Å². The van der Waals surface area contributed by atoms with Crippen molar-refractivity contribution in [2.24, 2.45) is 0 Å². The van der Waals surface area contributed by atoms with E-state index >= 15 is 0 Å². The molecule has 2 nitrogen and oxygen atoms in total. The summed E-state index contributed by atoms with van der Waals surface area (Å²) in [5.74, 6) is 0.526. The second-order valence-electron chi connectivity index (χ2n) is 5.52. The van der Waals surface area contributed by atoms with Gasteiger partial charge in [-0.2, -0.15) is 11.3 Å². The lowest BCUT2D eigenvalue weighted by Gasteiger charge is -2.17. The van der Waals surface area contributed by atoms with Crippen molar-refractivity contribution in [3.63, 3.8) is 0 Å². The van der Waals surface area contributed by atoms with Crippen molar-refractivity contribution < 1.29 is 5.11 Å². The van der Waals surface area contributed by atoms with Gasteiger partial charge in [0.15, 0.2) is 0 Å². The van der Waals surface area contributed by atoms with Crippen LogP contribution in [0, 0.1) is 0 Å². The van der Waals surface area contributed by atoms with Crippen molar-refractivity contribution in [1.29, 1.82) is 0 Å². The van der Waals surface area contributed by atoms with Gasteiger partial charge in [0.2, 0.25) is 0 Å². The molecule has 108 valence electrons. The highest BCUT2D eigenvalue weighted by atomic mass is 32.1. The van der Waals surface area contributed by atoms with E-state index in [1.54, 1.807) is 11.3 Å². The number of aliphatic hydroxyl groups excluding tert-OH is 1. The van der Waals surface area contributed by atoms with E-state index < -0.39 is 6.10 Å². The Labute approximate surface area is 125 Å². The average Bonchev–Trinajstić information content (AvgIpc) is 2.98. The van der Waals surface area contributed by atoms with Crippen LogP contribution in [0.2, 0.25) is 0 Å². The molecule has 0 saturated heterocycles. The van der Waals surface area contributed by atoms with Gasteiger partial charge in [-0.05, 0) is 46.4 Å². The van der Waals surface area contributed by atoms with Gasteiger partial charge in [-0.1, -0.05) is 38.1 Å². The fourth-order valence-electron chi connectivity index (χ4n) is 2.15. The van der Waals surface area contributed by atoms with E-state index in [-0.39, 0.29) is 6.04 Å². The van der Waals surface area contributed by atoms with E-state index in [4.69, 9.17) is 0 Å². The summed E-state index contributed by atoms with van der Waals surface area (Å²) in [6, 6.07) is 10.6. The largest absolute Gasteiger partial charge is 0.387 e. The number of thiophene rings is 1. The Hall–Kier alpha value is -1.16. The zero-order valence-corrected chi connectivity index (χ0v) is 13.2. The monoisotopic (exact) mass is 289 g/mol. The highest BCUT2D eigenvalue weighted by Crippen LogP contribution is 2.20. The first-order valence-electron chi connectivity index (χ1n) is 7.11. The zero-order valence-electron chi connectivity index (χ0n) is 12.3. The van der Waals surface area contributed by atoms with Gasteiger partial charge < -0.3 is 10.4 Å². The van der Waals surface area contributed by atoms with E-state index in [9.17, 15) is 5.11 Å². The van der Waals surface area contributed by atoms with Crippen molar-refractivity contribution in [1.82, 2.24) is 5.32 Å². The summed E-state index contributed by atoms with van der Waals surface area (Å²) < 4.78 is 0. The smallest absolute Gasteiger partial charge is 0.0914 e. The second kappa shape index (κ2) is 7.02. The summed E-state index contributed by atoms with van der Waals surface area (Å²) in [7, 11) is 0. The molecular weight excluding hydrogens is 266 g/mol. The Morgan fingerprint density at radius 3 is 2.20 bits per heavy atom. The molecule has 0 bridgehead atoms. The lowest BCUT2D eigenvalue weighted by Crippen LogP contribution is -2.24. The Morgan fingerprint density at radius 1 is 1.00 bits per heavy atom. The zero-order chi connectivity index (χ0) is 14.5. The molecule has 0 aliphatic rings. The maximum absolute atomic E-state index is 10.2. The van der Waals surface area contributed by atoms with Gasteiger partial charge in [0.1, 0.15) is 0 Å². The minimum Gasteiger partial charge on any atom is -0.387 e.